The van der Waals surface area contributed by atoms with E-state index in [1.807, 2.05) is 24.3 Å². The van der Waals surface area contributed by atoms with Crippen molar-refractivity contribution in [1.29, 1.82) is 0 Å². The highest BCUT2D eigenvalue weighted by Crippen LogP contribution is 2.38. The number of thioether (sulfide) groups is 1. The second-order valence-corrected chi connectivity index (χ2v) is 8.30. The Bertz CT molecular complexity index is 1050. The molecule has 2 aromatic carbocycles. The summed E-state index contributed by atoms with van der Waals surface area (Å²) in [6, 6.07) is 14.8. The third kappa shape index (κ3) is 6.44. The number of hydrogen-bond donors (Lipinski definition) is 0. The molecule has 0 fully saturated rings. The van der Waals surface area contributed by atoms with Crippen LogP contribution in [0.15, 0.2) is 72.3 Å². The van der Waals surface area contributed by atoms with Crippen LogP contribution in [0.4, 0.5) is 23.4 Å². The second kappa shape index (κ2) is 11.3. The molecule has 0 radical (unpaired) electrons. The zero-order valence-electron chi connectivity index (χ0n) is 18.7. The minimum absolute atomic E-state index is 0.161. The lowest BCUT2D eigenvalue weighted by atomic mass is 10.1. The third-order valence-electron chi connectivity index (χ3n) is 4.93. The Labute approximate surface area is 200 Å². The number of methoxy groups -OCH3 is 2. The van der Waals surface area contributed by atoms with E-state index in [-0.39, 0.29) is 29.7 Å². The van der Waals surface area contributed by atoms with Crippen LogP contribution < -0.4 is 14.4 Å². The molecule has 1 aromatic heterocycles. The number of benzene rings is 2. The van der Waals surface area contributed by atoms with E-state index < -0.39 is 17.6 Å². The molecule has 0 aliphatic carbocycles. The van der Waals surface area contributed by atoms with Crippen LogP contribution in [0, 0.1) is 5.82 Å². The highest BCUT2D eigenvalue weighted by atomic mass is 32.2. The zero-order chi connectivity index (χ0) is 24.7. The van der Waals surface area contributed by atoms with Gasteiger partial charge in [0.25, 0.3) is 0 Å². The maximum atomic E-state index is 15.1. The number of rotatable bonds is 10. The quantitative estimate of drug-likeness (QED) is 0.178. The van der Waals surface area contributed by atoms with Crippen LogP contribution in [0.1, 0.15) is 16.7 Å². The Morgan fingerprint density at radius 1 is 0.941 bits per heavy atom. The monoisotopic (exact) mass is 492 g/mol. The Morgan fingerprint density at radius 3 is 1.85 bits per heavy atom. The average molecular weight is 493 g/mol. The number of alkyl halides is 3. The molecule has 0 N–H and O–H groups in total. The number of aromatic nitrogens is 1. The van der Waals surface area contributed by atoms with Gasteiger partial charge in [0.05, 0.1) is 19.8 Å². The summed E-state index contributed by atoms with van der Waals surface area (Å²) in [6.45, 7) is 3.99. The average Bonchev–Trinajstić information content (AvgIpc) is 2.83. The van der Waals surface area contributed by atoms with Crippen molar-refractivity contribution < 1.29 is 27.0 Å². The van der Waals surface area contributed by atoms with Gasteiger partial charge in [0.2, 0.25) is 0 Å². The van der Waals surface area contributed by atoms with Crippen LogP contribution in [0.2, 0.25) is 0 Å². The molecule has 3 rings (SSSR count). The molecule has 0 bridgehead atoms. The maximum Gasteiger partial charge on any atom is 0.419 e. The highest BCUT2D eigenvalue weighted by molar-refractivity contribution is 7.99. The molecule has 34 heavy (non-hydrogen) atoms. The van der Waals surface area contributed by atoms with Crippen LogP contribution in [-0.4, -0.2) is 25.0 Å². The van der Waals surface area contributed by atoms with Gasteiger partial charge in [0.1, 0.15) is 16.5 Å². The van der Waals surface area contributed by atoms with Crippen molar-refractivity contribution in [2.24, 2.45) is 0 Å². The minimum atomic E-state index is -4.73. The van der Waals surface area contributed by atoms with Crippen molar-refractivity contribution in [3.05, 3.63) is 89.8 Å². The van der Waals surface area contributed by atoms with Gasteiger partial charge in [-0.05, 0) is 41.5 Å². The van der Waals surface area contributed by atoms with E-state index in [2.05, 4.69) is 11.6 Å². The predicted molar refractivity (Wildman–Crippen MR) is 126 cm³/mol. The summed E-state index contributed by atoms with van der Waals surface area (Å²) in [5.41, 5.74) is 0.529. The molecule has 0 saturated heterocycles. The minimum Gasteiger partial charge on any atom is -0.497 e. The topological polar surface area (TPSA) is 34.6 Å². The van der Waals surface area contributed by atoms with Crippen molar-refractivity contribution in [3.63, 3.8) is 0 Å². The summed E-state index contributed by atoms with van der Waals surface area (Å²) >= 11 is 0.861. The largest absolute Gasteiger partial charge is 0.497 e. The predicted octanol–water partition coefficient (Wildman–Crippen LogP) is 6.74. The smallest absolute Gasteiger partial charge is 0.419 e. The molecule has 4 nitrogen and oxygen atoms in total. The summed E-state index contributed by atoms with van der Waals surface area (Å²) in [7, 11) is 3.10. The van der Waals surface area contributed by atoms with Gasteiger partial charge >= 0.3 is 6.18 Å². The summed E-state index contributed by atoms with van der Waals surface area (Å²) in [5, 5.41) is -0.293. The summed E-state index contributed by atoms with van der Waals surface area (Å²) in [5.74, 6) is 0.321. The van der Waals surface area contributed by atoms with Gasteiger partial charge in [-0.3, -0.25) is 0 Å². The number of pyridine rings is 1. The van der Waals surface area contributed by atoms with Crippen LogP contribution in [0.5, 0.6) is 11.5 Å². The van der Waals surface area contributed by atoms with Gasteiger partial charge in [0, 0.05) is 18.8 Å². The van der Waals surface area contributed by atoms with Gasteiger partial charge in [-0.25, -0.2) is 9.37 Å². The Kier molecular flexibility index (Phi) is 8.44. The van der Waals surface area contributed by atoms with E-state index in [1.54, 1.807) is 43.4 Å². The molecule has 1 heterocycles. The Balaban J connectivity index is 2.04. The van der Waals surface area contributed by atoms with Crippen LogP contribution in [0.3, 0.4) is 0 Å². The van der Waals surface area contributed by atoms with Crippen LogP contribution in [0.25, 0.3) is 0 Å². The number of hydrogen-bond acceptors (Lipinski definition) is 5. The highest BCUT2D eigenvalue weighted by Gasteiger charge is 2.36. The molecular weight excluding hydrogens is 468 g/mol. The fourth-order valence-corrected chi connectivity index (χ4v) is 4.00. The van der Waals surface area contributed by atoms with Crippen molar-refractivity contribution in [2.75, 3.05) is 24.9 Å². The van der Waals surface area contributed by atoms with Gasteiger partial charge in [0.15, 0.2) is 11.6 Å². The van der Waals surface area contributed by atoms with Gasteiger partial charge in [-0.2, -0.15) is 13.2 Å². The van der Waals surface area contributed by atoms with E-state index >= 15 is 4.39 Å². The normalized spacial score (nSPS) is 11.2. The van der Waals surface area contributed by atoms with Crippen LogP contribution in [-0.2, 0) is 19.3 Å². The lowest BCUT2D eigenvalue weighted by molar-refractivity contribution is -0.140. The van der Waals surface area contributed by atoms with E-state index in [0.29, 0.717) is 17.6 Å². The number of nitrogens with zero attached hydrogens (tertiary/aromatic N) is 2. The first-order chi connectivity index (χ1) is 16.2. The molecule has 0 aliphatic heterocycles. The lowest BCUT2D eigenvalue weighted by Gasteiger charge is -2.26. The molecule has 0 atom stereocenters. The number of ether oxygens (including phenoxy) is 2. The van der Waals surface area contributed by atoms with Crippen molar-refractivity contribution in [1.82, 2.24) is 4.98 Å². The maximum absolute atomic E-state index is 15.1. The molecule has 0 unspecified atom stereocenters. The standard InChI is InChI=1S/C25H24F4N2O2S/c1-4-13-34-24-21(25(27,28)29)14-22(26)23(30-24)31(15-17-5-9-19(32-2)10-6-17)16-18-7-11-20(33-3)12-8-18/h4-12,14H,1,13,15-16H2,2-3H3. The number of halogens is 4. The zero-order valence-corrected chi connectivity index (χ0v) is 19.5. The Hall–Kier alpha value is -3.20. The third-order valence-corrected chi connectivity index (χ3v) is 5.92. The van der Waals surface area contributed by atoms with Gasteiger partial charge in [-0.15, -0.1) is 18.3 Å². The van der Waals surface area contributed by atoms with E-state index in [4.69, 9.17) is 9.47 Å². The first-order valence-electron chi connectivity index (χ1n) is 10.3. The van der Waals surface area contributed by atoms with Crippen molar-refractivity contribution in [3.8, 4) is 11.5 Å². The molecule has 9 heteroatoms. The first-order valence-corrected chi connectivity index (χ1v) is 11.3. The van der Waals surface area contributed by atoms with Crippen LogP contribution >= 0.6 is 11.8 Å². The molecular formula is C25H24F4N2O2S. The van der Waals surface area contributed by atoms with E-state index in [0.717, 1.165) is 22.9 Å². The molecule has 0 saturated carbocycles. The van der Waals surface area contributed by atoms with Crippen molar-refractivity contribution in [2.45, 2.75) is 24.3 Å². The molecule has 180 valence electrons. The fraction of sp³-hybridized carbons (Fsp3) is 0.240. The molecule has 3 aromatic rings. The van der Waals surface area contributed by atoms with Gasteiger partial charge < -0.3 is 14.4 Å². The fourth-order valence-electron chi connectivity index (χ4n) is 3.24. The first kappa shape index (κ1) is 25.4. The van der Waals surface area contributed by atoms with E-state index in [9.17, 15) is 13.2 Å². The second-order valence-electron chi connectivity index (χ2n) is 7.30. The molecule has 0 aliphatic rings. The summed E-state index contributed by atoms with van der Waals surface area (Å²) in [6.07, 6.45) is -3.26. The molecule has 0 amide bonds. The van der Waals surface area contributed by atoms with E-state index in [1.165, 1.54) is 6.08 Å². The number of anilines is 1. The lowest BCUT2D eigenvalue weighted by Crippen LogP contribution is -2.25. The van der Waals surface area contributed by atoms with Crippen molar-refractivity contribution >= 4 is 17.6 Å². The molecule has 0 spiro atoms. The SMILES string of the molecule is C=CCSc1nc(N(Cc2ccc(OC)cc2)Cc2ccc(OC)cc2)c(F)cc1C(F)(F)F. The van der Waals surface area contributed by atoms with Gasteiger partial charge in [-0.1, -0.05) is 30.3 Å². The summed E-state index contributed by atoms with van der Waals surface area (Å²) < 4.78 is 66.1. The summed E-state index contributed by atoms with van der Waals surface area (Å²) in [4.78, 5) is 5.74. The Morgan fingerprint density at radius 2 is 1.44 bits per heavy atom.